The molecule has 2 N–H and O–H groups in total. The lowest BCUT2D eigenvalue weighted by Crippen LogP contribution is -2.43. The van der Waals surface area contributed by atoms with Gasteiger partial charge in [0.2, 0.25) is 0 Å². The molecule has 162 valence electrons. The first-order chi connectivity index (χ1) is 15.6. The number of ether oxygens (including phenoxy) is 2. The van der Waals surface area contributed by atoms with Crippen molar-refractivity contribution in [3.63, 3.8) is 0 Å². The quantitative estimate of drug-likeness (QED) is 0.471. The molecule has 2 aliphatic rings. The van der Waals surface area contributed by atoms with Crippen molar-refractivity contribution in [2.24, 2.45) is 0 Å². The van der Waals surface area contributed by atoms with Gasteiger partial charge in [0, 0.05) is 30.4 Å². The third kappa shape index (κ3) is 3.24. The maximum atomic E-state index is 13.6. The van der Waals surface area contributed by atoms with Crippen LogP contribution in [0, 0.1) is 10.1 Å². The Hall–Kier alpha value is -4.27. The molecule has 0 aliphatic carbocycles. The first kappa shape index (κ1) is 19.7. The number of benzene rings is 3. The van der Waals surface area contributed by atoms with E-state index in [1.165, 1.54) is 6.07 Å². The van der Waals surface area contributed by atoms with Gasteiger partial charge in [-0.25, -0.2) is 0 Å². The Morgan fingerprint density at radius 1 is 1.06 bits per heavy atom. The number of para-hydroxylation sites is 1. The molecule has 0 aromatic heterocycles. The average Bonchev–Trinajstić information content (AvgIpc) is 2.83. The molecule has 0 spiro atoms. The molecule has 1 unspecified atom stereocenters. The minimum Gasteiger partial charge on any atom is -0.486 e. The van der Waals surface area contributed by atoms with Gasteiger partial charge in [0.25, 0.3) is 11.6 Å². The fourth-order valence-electron chi connectivity index (χ4n) is 4.02. The fourth-order valence-corrected chi connectivity index (χ4v) is 4.02. The van der Waals surface area contributed by atoms with E-state index in [1.807, 2.05) is 12.1 Å². The summed E-state index contributed by atoms with van der Waals surface area (Å²) in [5.74, 6) is 0.945. The highest BCUT2D eigenvalue weighted by Crippen LogP contribution is 2.41. The third-order valence-electron chi connectivity index (χ3n) is 5.53. The molecule has 1 amide bonds. The second-order valence-corrected chi connectivity index (χ2v) is 7.38. The molecular formula is C23H20N4O5. The maximum absolute atomic E-state index is 13.6. The Labute approximate surface area is 183 Å². The Balaban J connectivity index is 1.65. The van der Waals surface area contributed by atoms with E-state index in [0.29, 0.717) is 52.9 Å². The molecule has 0 fully saturated rings. The van der Waals surface area contributed by atoms with Crippen LogP contribution in [-0.4, -0.2) is 31.1 Å². The van der Waals surface area contributed by atoms with Crippen molar-refractivity contribution in [2.45, 2.75) is 6.17 Å². The number of hydrogen-bond donors (Lipinski definition) is 2. The van der Waals surface area contributed by atoms with Gasteiger partial charge in [-0.05, 0) is 30.3 Å². The van der Waals surface area contributed by atoms with E-state index in [9.17, 15) is 14.9 Å². The van der Waals surface area contributed by atoms with Gasteiger partial charge in [0.1, 0.15) is 25.1 Å². The predicted molar refractivity (Wildman–Crippen MR) is 120 cm³/mol. The molecule has 2 aliphatic heterocycles. The Morgan fingerprint density at radius 2 is 1.84 bits per heavy atom. The van der Waals surface area contributed by atoms with Crippen LogP contribution in [0.3, 0.4) is 0 Å². The summed E-state index contributed by atoms with van der Waals surface area (Å²) >= 11 is 0. The van der Waals surface area contributed by atoms with E-state index in [0.717, 1.165) is 0 Å². The lowest BCUT2D eigenvalue weighted by molar-refractivity contribution is -0.384. The number of anilines is 3. The first-order valence-electron chi connectivity index (χ1n) is 10.1. The van der Waals surface area contributed by atoms with Gasteiger partial charge >= 0.3 is 0 Å². The first-order valence-corrected chi connectivity index (χ1v) is 10.1. The summed E-state index contributed by atoms with van der Waals surface area (Å²) in [6.07, 6.45) is -0.662. The van der Waals surface area contributed by atoms with Gasteiger partial charge in [-0.2, -0.15) is 0 Å². The van der Waals surface area contributed by atoms with Crippen molar-refractivity contribution in [2.75, 3.05) is 35.8 Å². The van der Waals surface area contributed by atoms with Crippen LogP contribution in [0.25, 0.3) is 0 Å². The van der Waals surface area contributed by atoms with Crippen molar-refractivity contribution in [3.05, 3.63) is 81.9 Å². The summed E-state index contributed by atoms with van der Waals surface area (Å²) in [5.41, 5.74) is 2.67. The van der Waals surface area contributed by atoms with Crippen LogP contribution in [0.4, 0.5) is 22.7 Å². The molecule has 9 heteroatoms. The SMILES string of the molecule is CNc1ccc(C2Nc3ccccc3C(=O)N2c2ccc3c(c2)OCCO3)cc1[N+](=O)[O-]. The highest BCUT2D eigenvalue weighted by molar-refractivity contribution is 6.12. The molecular weight excluding hydrogens is 412 g/mol. The number of carbonyl (C=O) groups excluding carboxylic acids is 1. The smallest absolute Gasteiger partial charge is 0.292 e. The number of fused-ring (bicyclic) bond motifs is 2. The normalized spacial score (nSPS) is 16.7. The van der Waals surface area contributed by atoms with Crippen LogP contribution in [-0.2, 0) is 0 Å². The number of nitro groups is 1. The number of nitro benzene ring substituents is 1. The lowest BCUT2D eigenvalue weighted by Gasteiger charge is -2.38. The zero-order valence-electron chi connectivity index (χ0n) is 17.2. The standard InChI is InChI=1S/C23H20N4O5/c1-24-18-8-6-14(12-19(18)27(29)30)22-25-17-5-3-2-4-16(17)23(28)26(22)15-7-9-20-21(13-15)32-11-10-31-20/h2-9,12-13,22,24-25H,10-11H2,1H3. The van der Waals surface area contributed by atoms with E-state index >= 15 is 0 Å². The van der Waals surface area contributed by atoms with E-state index in [-0.39, 0.29) is 11.6 Å². The second-order valence-electron chi connectivity index (χ2n) is 7.38. The van der Waals surface area contributed by atoms with E-state index < -0.39 is 11.1 Å². The maximum Gasteiger partial charge on any atom is 0.292 e. The van der Waals surface area contributed by atoms with Gasteiger partial charge in [-0.1, -0.05) is 18.2 Å². The Morgan fingerprint density at radius 3 is 2.62 bits per heavy atom. The number of rotatable bonds is 4. The van der Waals surface area contributed by atoms with Crippen LogP contribution in [0.5, 0.6) is 11.5 Å². The van der Waals surface area contributed by atoms with E-state index in [2.05, 4.69) is 10.6 Å². The van der Waals surface area contributed by atoms with Crippen LogP contribution < -0.4 is 25.0 Å². The van der Waals surface area contributed by atoms with E-state index in [1.54, 1.807) is 54.4 Å². The highest BCUT2D eigenvalue weighted by atomic mass is 16.6. The topological polar surface area (TPSA) is 106 Å². The number of nitrogens with one attached hydrogen (secondary N) is 2. The monoisotopic (exact) mass is 432 g/mol. The fraction of sp³-hybridized carbons (Fsp3) is 0.174. The molecule has 5 rings (SSSR count). The van der Waals surface area contributed by atoms with Crippen molar-refractivity contribution in [1.29, 1.82) is 0 Å². The van der Waals surface area contributed by atoms with Gasteiger partial charge in [-0.3, -0.25) is 19.8 Å². The molecule has 3 aromatic rings. The van der Waals surface area contributed by atoms with Crippen molar-refractivity contribution in [1.82, 2.24) is 0 Å². The summed E-state index contributed by atoms with van der Waals surface area (Å²) in [7, 11) is 1.63. The minimum atomic E-state index is -0.662. The summed E-state index contributed by atoms with van der Waals surface area (Å²) in [6, 6.07) is 17.4. The number of amides is 1. The average molecular weight is 432 g/mol. The molecule has 3 aromatic carbocycles. The van der Waals surface area contributed by atoms with Crippen LogP contribution in [0.2, 0.25) is 0 Å². The second kappa shape index (κ2) is 7.77. The van der Waals surface area contributed by atoms with Crippen LogP contribution in [0.1, 0.15) is 22.1 Å². The number of nitrogens with zero attached hydrogens (tertiary/aromatic N) is 2. The number of carbonyl (C=O) groups is 1. The van der Waals surface area contributed by atoms with Gasteiger partial charge in [0.05, 0.1) is 16.2 Å². The predicted octanol–water partition coefficient (Wildman–Crippen LogP) is 4.18. The van der Waals surface area contributed by atoms with Gasteiger partial charge in [-0.15, -0.1) is 0 Å². The molecule has 9 nitrogen and oxygen atoms in total. The van der Waals surface area contributed by atoms with Crippen LogP contribution in [0.15, 0.2) is 60.7 Å². The van der Waals surface area contributed by atoms with Crippen LogP contribution >= 0.6 is 0 Å². The molecule has 0 saturated carbocycles. The summed E-state index contributed by atoms with van der Waals surface area (Å²) in [6.45, 7) is 0.889. The summed E-state index contributed by atoms with van der Waals surface area (Å²) in [4.78, 5) is 26.3. The Kier molecular flexibility index (Phi) is 4.78. The molecule has 1 atom stereocenters. The summed E-state index contributed by atoms with van der Waals surface area (Å²) in [5, 5.41) is 17.8. The highest BCUT2D eigenvalue weighted by Gasteiger charge is 2.35. The zero-order valence-corrected chi connectivity index (χ0v) is 17.2. The van der Waals surface area contributed by atoms with E-state index in [4.69, 9.17) is 9.47 Å². The molecule has 0 saturated heterocycles. The zero-order chi connectivity index (χ0) is 22.2. The minimum absolute atomic E-state index is 0.0692. The Bertz CT molecular complexity index is 1230. The molecule has 0 bridgehead atoms. The largest absolute Gasteiger partial charge is 0.486 e. The van der Waals surface area contributed by atoms with Crippen molar-refractivity contribution in [3.8, 4) is 11.5 Å². The van der Waals surface area contributed by atoms with Crippen molar-refractivity contribution >= 4 is 28.7 Å². The lowest BCUT2D eigenvalue weighted by atomic mass is 10.0. The molecule has 0 radical (unpaired) electrons. The number of hydrogen-bond acceptors (Lipinski definition) is 7. The van der Waals surface area contributed by atoms with Crippen molar-refractivity contribution < 1.29 is 19.2 Å². The van der Waals surface area contributed by atoms with Gasteiger partial charge in [0.15, 0.2) is 11.5 Å². The third-order valence-corrected chi connectivity index (χ3v) is 5.53. The summed E-state index contributed by atoms with van der Waals surface area (Å²) < 4.78 is 11.3. The molecule has 32 heavy (non-hydrogen) atoms. The molecule has 2 heterocycles. The van der Waals surface area contributed by atoms with Gasteiger partial charge < -0.3 is 20.1 Å².